The lowest BCUT2D eigenvalue weighted by molar-refractivity contribution is 0.0960. The van der Waals surface area contributed by atoms with Crippen LogP contribution in [0.5, 0.6) is 0 Å². The van der Waals surface area contributed by atoms with Crippen LogP contribution >= 0.6 is 0 Å². The third-order valence-electron chi connectivity index (χ3n) is 2.19. The van der Waals surface area contributed by atoms with E-state index in [0.29, 0.717) is 18.6 Å². The molecule has 2 rings (SSSR count). The zero-order valence-corrected chi connectivity index (χ0v) is 8.53. The van der Waals surface area contributed by atoms with E-state index in [1.54, 1.807) is 12.3 Å². The standard InChI is InChI=1S/C12H12O3/c1-2-11(13)12-6-5-10(15-12)8-9-4-3-7-14-9/h3-7H,2,8H2,1H3. The number of rotatable bonds is 4. The normalized spacial score (nSPS) is 10.5. The Labute approximate surface area is 87.7 Å². The molecular formula is C12H12O3. The van der Waals surface area contributed by atoms with E-state index < -0.39 is 0 Å². The maximum absolute atomic E-state index is 11.3. The minimum atomic E-state index is 0.0284. The maximum Gasteiger partial charge on any atom is 0.197 e. The molecule has 3 heteroatoms. The molecule has 0 N–H and O–H groups in total. The number of ketones is 1. The Morgan fingerprint density at radius 3 is 2.80 bits per heavy atom. The summed E-state index contributed by atoms with van der Waals surface area (Å²) < 4.78 is 10.6. The summed E-state index contributed by atoms with van der Waals surface area (Å²) in [5.41, 5.74) is 0. The summed E-state index contributed by atoms with van der Waals surface area (Å²) in [7, 11) is 0. The third-order valence-corrected chi connectivity index (χ3v) is 2.19. The maximum atomic E-state index is 11.3. The second-order valence-electron chi connectivity index (χ2n) is 3.30. The van der Waals surface area contributed by atoms with E-state index in [1.807, 2.05) is 25.1 Å². The first-order valence-corrected chi connectivity index (χ1v) is 4.94. The van der Waals surface area contributed by atoms with E-state index in [1.165, 1.54) is 0 Å². The van der Waals surface area contributed by atoms with Crippen LogP contribution in [0.2, 0.25) is 0 Å². The Morgan fingerprint density at radius 2 is 2.13 bits per heavy atom. The highest BCUT2D eigenvalue weighted by Gasteiger charge is 2.09. The third kappa shape index (κ3) is 2.18. The fraction of sp³-hybridized carbons (Fsp3) is 0.250. The predicted molar refractivity (Wildman–Crippen MR) is 54.8 cm³/mol. The summed E-state index contributed by atoms with van der Waals surface area (Å²) in [5.74, 6) is 2.04. The monoisotopic (exact) mass is 204 g/mol. The highest BCUT2D eigenvalue weighted by atomic mass is 16.4. The van der Waals surface area contributed by atoms with Gasteiger partial charge in [0.1, 0.15) is 11.5 Å². The fourth-order valence-electron chi connectivity index (χ4n) is 1.38. The van der Waals surface area contributed by atoms with Crippen molar-refractivity contribution in [3.63, 3.8) is 0 Å². The predicted octanol–water partition coefficient (Wildman–Crippen LogP) is 3.06. The van der Waals surface area contributed by atoms with Gasteiger partial charge in [0.25, 0.3) is 0 Å². The summed E-state index contributed by atoms with van der Waals surface area (Å²) in [5, 5.41) is 0. The van der Waals surface area contributed by atoms with Crippen molar-refractivity contribution in [3.8, 4) is 0 Å². The van der Waals surface area contributed by atoms with Crippen molar-refractivity contribution in [1.29, 1.82) is 0 Å². The molecule has 0 saturated heterocycles. The number of Topliss-reactive ketones (excluding diaryl/α,β-unsaturated/α-hetero) is 1. The first-order valence-electron chi connectivity index (χ1n) is 4.94. The van der Waals surface area contributed by atoms with Crippen molar-refractivity contribution in [2.24, 2.45) is 0 Å². The molecule has 0 aliphatic carbocycles. The first kappa shape index (κ1) is 9.77. The lowest BCUT2D eigenvalue weighted by atomic mass is 10.2. The van der Waals surface area contributed by atoms with Crippen LogP contribution in [0, 0.1) is 0 Å². The molecule has 0 spiro atoms. The van der Waals surface area contributed by atoms with Crippen LogP contribution in [0.4, 0.5) is 0 Å². The molecule has 0 atom stereocenters. The van der Waals surface area contributed by atoms with Gasteiger partial charge in [0, 0.05) is 6.42 Å². The smallest absolute Gasteiger partial charge is 0.197 e. The number of carbonyl (C=O) groups excluding carboxylic acids is 1. The number of carbonyl (C=O) groups is 1. The minimum absolute atomic E-state index is 0.0284. The molecule has 0 fully saturated rings. The van der Waals surface area contributed by atoms with Crippen LogP contribution in [-0.4, -0.2) is 5.78 Å². The molecule has 2 aromatic heterocycles. The van der Waals surface area contributed by atoms with Crippen LogP contribution in [0.3, 0.4) is 0 Å². The summed E-state index contributed by atoms with van der Waals surface area (Å²) >= 11 is 0. The molecule has 78 valence electrons. The van der Waals surface area contributed by atoms with Gasteiger partial charge in [0.05, 0.1) is 12.7 Å². The molecule has 2 heterocycles. The van der Waals surface area contributed by atoms with Gasteiger partial charge >= 0.3 is 0 Å². The highest BCUT2D eigenvalue weighted by molar-refractivity contribution is 5.93. The summed E-state index contributed by atoms with van der Waals surface area (Å²) in [6, 6.07) is 7.23. The van der Waals surface area contributed by atoms with Gasteiger partial charge in [0.2, 0.25) is 0 Å². The van der Waals surface area contributed by atoms with E-state index in [2.05, 4.69) is 0 Å². The molecule has 0 aliphatic heterocycles. The second kappa shape index (κ2) is 4.17. The van der Waals surface area contributed by atoms with Crippen molar-refractivity contribution in [1.82, 2.24) is 0 Å². The first-order chi connectivity index (χ1) is 7.29. The zero-order valence-electron chi connectivity index (χ0n) is 8.53. The molecule has 2 aromatic rings. The molecule has 15 heavy (non-hydrogen) atoms. The van der Waals surface area contributed by atoms with Gasteiger partial charge < -0.3 is 8.83 Å². The largest absolute Gasteiger partial charge is 0.469 e. The molecule has 3 nitrogen and oxygen atoms in total. The highest BCUT2D eigenvalue weighted by Crippen LogP contribution is 2.14. The van der Waals surface area contributed by atoms with Crippen LogP contribution in [0.15, 0.2) is 39.4 Å². The van der Waals surface area contributed by atoms with E-state index in [-0.39, 0.29) is 5.78 Å². The van der Waals surface area contributed by atoms with E-state index in [9.17, 15) is 4.79 Å². The van der Waals surface area contributed by atoms with E-state index in [4.69, 9.17) is 8.83 Å². The molecule has 0 radical (unpaired) electrons. The molecular weight excluding hydrogens is 192 g/mol. The van der Waals surface area contributed by atoms with Crippen LogP contribution in [0.1, 0.15) is 35.4 Å². The number of hydrogen-bond acceptors (Lipinski definition) is 3. The molecule has 0 aromatic carbocycles. The average molecular weight is 204 g/mol. The molecule has 0 unspecified atom stereocenters. The fourth-order valence-corrected chi connectivity index (χ4v) is 1.38. The Bertz CT molecular complexity index is 437. The SMILES string of the molecule is CCC(=O)c1ccc(Cc2ccco2)o1. The van der Waals surface area contributed by atoms with Gasteiger partial charge in [-0.1, -0.05) is 6.92 Å². The molecule has 0 bridgehead atoms. The van der Waals surface area contributed by atoms with E-state index >= 15 is 0 Å². The van der Waals surface area contributed by atoms with Gasteiger partial charge in [-0.15, -0.1) is 0 Å². The molecule has 0 saturated carbocycles. The quantitative estimate of drug-likeness (QED) is 0.719. The Morgan fingerprint density at radius 1 is 1.27 bits per heavy atom. The Hall–Kier alpha value is -1.77. The molecule has 0 aliphatic rings. The lowest BCUT2D eigenvalue weighted by Crippen LogP contribution is -1.92. The average Bonchev–Trinajstić information content (AvgIpc) is 2.88. The van der Waals surface area contributed by atoms with Gasteiger partial charge in [-0.05, 0) is 24.3 Å². The van der Waals surface area contributed by atoms with Crippen molar-refractivity contribution >= 4 is 5.78 Å². The zero-order chi connectivity index (χ0) is 10.7. The van der Waals surface area contributed by atoms with Gasteiger partial charge in [-0.25, -0.2) is 0 Å². The number of hydrogen-bond donors (Lipinski definition) is 0. The minimum Gasteiger partial charge on any atom is -0.469 e. The van der Waals surface area contributed by atoms with Crippen molar-refractivity contribution in [3.05, 3.63) is 47.8 Å². The second-order valence-corrected chi connectivity index (χ2v) is 3.30. The van der Waals surface area contributed by atoms with Crippen molar-refractivity contribution in [2.75, 3.05) is 0 Å². The van der Waals surface area contributed by atoms with Crippen molar-refractivity contribution < 1.29 is 13.6 Å². The molecule has 0 amide bonds. The topological polar surface area (TPSA) is 43.4 Å². The van der Waals surface area contributed by atoms with Crippen LogP contribution in [-0.2, 0) is 6.42 Å². The van der Waals surface area contributed by atoms with Gasteiger partial charge in [0.15, 0.2) is 11.5 Å². The van der Waals surface area contributed by atoms with Crippen molar-refractivity contribution in [2.45, 2.75) is 19.8 Å². The van der Waals surface area contributed by atoms with Gasteiger partial charge in [-0.2, -0.15) is 0 Å². The Kier molecular flexibility index (Phi) is 2.72. The summed E-state index contributed by atoms with van der Waals surface area (Å²) in [4.78, 5) is 11.3. The van der Waals surface area contributed by atoms with Crippen LogP contribution in [0.25, 0.3) is 0 Å². The summed E-state index contributed by atoms with van der Waals surface area (Å²) in [6.07, 6.45) is 2.67. The summed E-state index contributed by atoms with van der Waals surface area (Å²) in [6.45, 7) is 1.82. The Balaban J connectivity index is 2.11. The lowest BCUT2D eigenvalue weighted by Gasteiger charge is -1.93. The van der Waals surface area contributed by atoms with E-state index in [0.717, 1.165) is 11.5 Å². The van der Waals surface area contributed by atoms with Crippen LogP contribution < -0.4 is 0 Å². The van der Waals surface area contributed by atoms with Gasteiger partial charge in [-0.3, -0.25) is 4.79 Å². The number of furan rings is 2.